The summed E-state index contributed by atoms with van der Waals surface area (Å²) in [6.07, 6.45) is 2.25. The number of para-hydroxylation sites is 1. The van der Waals surface area contributed by atoms with Crippen LogP contribution in [0.1, 0.15) is 23.2 Å². The number of aromatic nitrogens is 1. The molecule has 4 rings (SSSR count). The Hall–Kier alpha value is -3.61. The van der Waals surface area contributed by atoms with Crippen molar-refractivity contribution in [2.75, 3.05) is 10.6 Å². The van der Waals surface area contributed by atoms with Crippen LogP contribution >= 0.6 is 0 Å². The van der Waals surface area contributed by atoms with Crippen molar-refractivity contribution in [2.45, 2.75) is 18.9 Å². The van der Waals surface area contributed by atoms with Crippen molar-refractivity contribution < 1.29 is 14.4 Å². The third kappa shape index (κ3) is 3.34. The fraction of sp³-hybridized carbons (Fsp3) is 0.190. The minimum atomic E-state index is -0.766. The smallest absolute Gasteiger partial charge is 0.254 e. The number of hydrogen-bond acceptors (Lipinski definition) is 3. The molecule has 1 aromatic heterocycles. The largest absolute Gasteiger partial charge is 0.350 e. The Morgan fingerprint density at radius 2 is 1.93 bits per heavy atom. The van der Waals surface area contributed by atoms with Gasteiger partial charge in [0, 0.05) is 30.6 Å². The van der Waals surface area contributed by atoms with E-state index in [4.69, 9.17) is 0 Å². The lowest BCUT2D eigenvalue weighted by atomic mass is 10.1. The van der Waals surface area contributed by atoms with Crippen molar-refractivity contribution in [3.05, 3.63) is 60.3 Å². The molecular weight excluding hydrogens is 356 g/mol. The van der Waals surface area contributed by atoms with Gasteiger partial charge in [0.2, 0.25) is 11.8 Å². The van der Waals surface area contributed by atoms with E-state index in [2.05, 4.69) is 16.0 Å². The van der Waals surface area contributed by atoms with Crippen molar-refractivity contribution in [2.24, 2.45) is 7.05 Å². The van der Waals surface area contributed by atoms with Gasteiger partial charge in [-0.15, -0.1) is 0 Å². The Labute approximate surface area is 161 Å². The number of amides is 3. The van der Waals surface area contributed by atoms with E-state index in [1.165, 1.54) is 0 Å². The highest BCUT2D eigenvalue weighted by Gasteiger charge is 2.27. The predicted octanol–water partition coefficient (Wildman–Crippen LogP) is 2.65. The van der Waals surface area contributed by atoms with E-state index in [9.17, 15) is 14.4 Å². The van der Waals surface area contributed by atoms with Gasteiger partial charge in [-0.25, -0.2) is 0 Å². The number of carbonyl (C=O) groups is 3. The summed E-state index contributed by atoms with van der Waals surface area (Å²) < 4.78 is 1.98. The van der Waals surface area contributed by atoms with E-state index in [0.29, 0.717) is 11.3 Å². The van der Waals surface area contributed by atoms with Crippen LogP contribution in [0.4, 0.5) is 11.4 Å². The fourth-order valence-corrected chi connectivity index (χ4v) is 3.41. The van der Waals surface area contributed by atoms with Crippen LogP contribution < -0.4 is 16.0 Å². The van der Waals surface area contributed by atoms with Crippen LogP contribution in [-0.4, -0.2) is 28.3 Å². The Morgan fingerprint density at radius 1 is 1.11 bits per heavy atom. The molecule has 1 aliphatic rings. The molecule has 7 nitrogen and oxygen atoms in total. The zero-order valence-electron chi connectivity index (χ0n) is 15.4. The molecule has 0 bridgehead atoms. The number of carbonyl (C=O) groups excluding carboxylic acids is 3. The number of hydrogen-bond donors (Lipinski definition) is 3. The van der Waals surface area contributed by atoms with E-state index in [1.807, 2.05) is 42.1 Å². The highest BCUT2D eigenvalue weighted by atomic mass is 16.2. The minimum absolute atomic E-state index is 0.109. The van der Waals surface area contributed by atoms with Crippen LogP contribution in [0.15, 0.2) is 54.7 Å². The SMILES string of the molecule is Cn1ccc2c(NC(=O)CC[C@@H]3NC(=O)c4ccccc4NC3=O)cccc21. The predicted molar refractivity (Wildman–Crippen MR) is 107 cm³/mol. The van der Waals surface area contributed by atoms with E-state index >= 15 is 0 Å². The molecule has 0 unspecified atom stereocenters. The molecule has 2 heterocycles. The van der Waals surface area contributed by atoms with Crippen LogP contribution in [0.3, 0.4) is 0 Å². The Morgan fingerprint density at radius 3 is 2.79 bits per heavy atom. The molecule has 2 aromatic carbocycles. The summed E-state index contributed by atoms with van der Waals surface area (Å²) in [7, 11) is 1.94. The maximum atomic E-state index is 12.4. The van der Waals surface area contributed by atoms with Gasteiger partial charge in [0.05, 0.1) is 16.9 Å². The third-order valence-corrected chi connectivity index (χ3v) is 4.91. The molecule has 0 spiro atoms. The number of aryl methyl sites for hydroxylation is 1. The Bertz CT molecular complexity index is 1090. The van der Waals surface area contributed by atoms with Gasteiger partial charge < -0.3 is 20.5 Å². The molecule has 142 valence electrons. The topological polar surface area (TPSA) is 92.2 Å². The molecule has 1 aliphatic heterocycles. The lowest BCUT2D eigenvalue weighted by Crippen LogP contribution is -2.41. The molecular formula is C21H20N4O3. The second kappa shape index (κ2) is 7.19. The van der Waals surface area contributed by atoms with Crippen molar-refractivity contribution in [3.63, 3.8) is 0 Å². The second-order valence-electron chi connectivity index (χ2n) is 6.81. The first kappa shape index (κ1) is 17.8. The first-order valence-corrected chi connectivity index (χ1v) is 9.07. The molecule has 28 heavy (non-hydrogen) atoms. The van der Waals surface area contributed by atoms with Crippen molar-refractivity contribution in [1.29, 1.82) is 0 Å². The number of nitrogens with zero attached hydrogens (tertiary/aromatic N) is 1. The number of nitrogens with one attached hydrogen (secondary N) is 3. The molecule has 7 heteroatoms. The van der Waals surface area contributed by atoms with E-state index < -0.39 is 6.04 Å². The number of rotatable bonds is 4. The lowest BCUT2D eigenvalue weighted by molar-refractivity contribution is -0.118. The van der Waals surface area contributed by atoms with E-state index in [0.717, 1.165) is 16.6 Å². The maximum Gasteiger partial charge on any atom is 0.254 e. The van der Waals surface area contributed by atoms with Crippen molar-refractivity contribution in [3.8, 4) is 0 Å². The summed E-state index contributed by atoms with van der Waals surface area (Å²) in [5.74, 6) is -0.857. The van der Waals surface area contributed by atoms with Gasteiger partial charge in [0.1, 0.15) is 6.04 Å². The molecule has 0 aliphatic carbocycles. The molecule has 1 atom stereocenters. The molecule has 0 radical (unpaired) electrons. The zero-order valence-corrected chi connectivity index (χ0v) is 15.4. The number of anilines is 2. The van der Waals surface area contributed by atoms with Gasteiger partial charge >= 0.3 is 0 Å². The highest BCUT2D eigenvalue weighted by Crippen LogP contribution is 2.24. The van der Waals surface area contributed by atoms with Crippen LogP contribution in [0.5, 0.6) is 0 Å². The van der Waals surface area contributed by atoms with E-state index in [1.54, 1.807) is 24.3 Å². The average Bonchev–Trinajstić information content (AvgIpc) is 3.01. The number of fused-ring (bicyclic) bond motifs is 2. The van der Waals surface area contributed by atoms with Crippen LogP contribution in [0.25, 0.3) is 10.9 Å². The summed E-state index contributed by atoms with van der Waals surface area (Å²) >= 11 is 0. The fourth-order valence-electron chi connectivity index (χ4n) is 3.41. The minimum Gasteiger partial charge on any atom is -0.350 e. The average molecular weight is 376 g/mol. The van der Waals surface area contributed by atoms with Gasteiger partial charge in [-0.3, -0.25) is 14.4 Å². The normalized spacial score (nSPS) is 16.1. The molecule has 3 N–H and O–H groups in total. The quantitative estimate of drug-likeness (QED) is 0.654. The Kier molecular flexibility index (Phi) is 4.57. The molecule has 3 amide bonds. The summed E-state index contributed by atoms with van der Waals surface area (Å²) in [5, 5.41) is 9.30. The van der Waals surface area contributed by atoms with Crippen molar-refractivity contribution >= 4 is 40.0 Å². The monoisotopic (exact) mass is 376 g/mol. The standard InChI is InChI=1S/C21H20N4O3/c1-25-12-11-13-15(7-4-8-18(13)25)22-19(26)10-9-17-21(28)23-16-6-3-2-5-14(16)20(27)24-17/h2-8,11-12,17H,9-10H2,1H3,(H,22,26)(H,23,28)(H,24,27)/t17-/m0/s1. The first-order chi connectivity index (χ1) is 13.5. The molecule has 0 saturated heterocycles. The second-order valence-corrected chi connectivity index (χ2v) is 6.81. The van der Waals surface area contributed by atoms with Crippen molar-refractivity contribution in [1.82, 2.24) is 9.88 Å². The molecule has 0 saturated carbocycles. The van der Waals surface area contributed by atoms with Gasteiger partial charge in [-0.05, 0) is 36.8 Å². The van der Waals surface area contributed by atoms with Crippen LogP contribution in [-0.2, 0) is 16.6 Å². The summed E-state index contributed by atoms with van der Waals surface area (Å²) in [6, 6.07) is 13.7. The van der Waals surface area contributed by atoms with Crippen LogP contribution in [0.2, 0.25) is 0 Å². The molecule has 3 aromatic rings. The molecule has 0 fully saturated rings. The van der Waals surface area contributed by atoms with Gasteiger partial charge in [-0.1, -0.05) is 18.2 Å². The maximum absolute atomic E-state index is 12.4. The van der Waals surface area contributed by atoms with Gasteiger partial charge in [0.15, 0.2) is 0 Å². The van der Waals surface area contributed by atoms with E-state index in [-0.39, 0.29) is 30.6 Å². The highest BCUT2D eigenvalue weighted by molar-refractivity contribution is 6.10. The third-order valence-electron chi connectivity index (χ3n) is 4.91. The summed E-state index contributed by atoms with van der Waals surface area (Å²) in [4.78, 5) is 37.2. The lowest BCUT2D eigenvalue weighted by Gasteiger charge is -2.14. The van der Waals surface area contributed by atoms with Gasteiger partial charge in [0.25, 0.3) is 5.91 Å². The van der Waals surface area contributed by atoms with Crippen LogP contribution in [0, 0.1) is 0 Å². The number of benzene rings is 2. The Balaban J connectivity index is 1.42. The zero-order chi connectivity index (χ0) is 19.7. The van der Waals surface area contributed by atoms with Gasteiger partial charge in [-0.2, -0.15) is 0 Å². The summed E-state index contributed by atoms with van der Waals surface area (Å²) in [5.41, 5.74) is 2.64. The first-order valence-electron chi connectivity index (χ1n) is 9.07. The summed E-state index contributed by atoms with van der Waals surface area (Å²) in [6.45, 7) is 0.